The lowest BCUT2D eigenvalue weighted by molar-refractivity contribution is -0.126. The van der Waals surface area contributed by atoms with Crippen LogP contribution in [0, 0.1) is 11.8 Å². The van der Waals surface area contributed by atoms with Crippen LogP contribution < -0.4 is 10.6 Å². The summed E-state index contributed by atoms with van der Waals surface area (Å²) in [5, 5.41) is 7.38. The molecule has 3 rings (SSSR count). The van der Waals surface area contributed by atoms with E-state index < -0.39 is 0 Å². The van der Waals surface area contributed by atoms with Crippen LogP contribution in [0.15, 0.2) is 34.7 Å². The van der Waals surface area contributed by atoms with E-state index in [0.717, 1.165) is 29.8 Å². The van der Waals surface area contributed by atoms with Crippen molar-refractivity contribution in [3.63, 3.8) is 0 Å². The van der Waals surface area contributed by atoms with E-state index >= 15 is 0 Å². The second-order valence-electron chi connectivity index (χ2n) is 5.66. The summed E-state index contributed by atoms with van der Waals surface area (Å²) >= 11 is 0. The maximum absolute atomic E-state index is 12.3. The Morgan fingerprint density at radius 3 is 2.90 bits per heavy atom. The second kappa shape index (κ2) is 5.29. The quantitative estimate of drug-likeness (QED) is 0.902. The third-order valence-electron chi connectivity index (χ3n) is 4.08. The molecule has 0 spiro atoms. The van der Waals surface area contributed by atoms with Gasteiger partial charge in [-0.3, -0.25) is 4.79 Å². The number of fused-ring (bicyclic) bond motifs is 1. The Balaban J connectivity index is 1.72. The maximum atomic E-state index is 12.3. The van der Waals surface area contributed by atoms with Gasteiger partial charge in [0.15, 0.2) is 0 Å². The Hall–Kier alpha value is -1.81. The fourth-order valence-electron chi connectivity index (χ4n) is 2.77. The largest absolute Gasteiger partial charge is 0.459 e. The van der Waals surface area contributed by atoms with E-state index in [9.17, 15) is 4.79 Å². The molecule has 20 heavy (non-hydrogen) atoms. The minimum Gasteiger partial charge on any atom is -0.459 e. The number of carbonyl (C=O) groups is 1. The van der Waals surface area contributed by atoms with Gasteiger partial charge in [0.05, 0.1) is 12.0 Å². The molecule has 2 N–H and O–H groups in total. The van der Waals surface area contributed by atoms with Crippen LogP contribution in [0.25, 0.3) is 11.0 Å². The number of nitrogens with one attached hydrogen (secondary N) is 2. The molecule has 3 atom stereocenters. The highest BCUT2D eigenvalue weighted by Gasteiger charge is 2.30. The summed E-state index contributed by atoms with van der Waals surface area (Å²) < 4.78 is 5.79. The van der Waals surface area contributed by atoms with Crippen molar-refractivity contribution in [3.05, 3.63) is 36.1 Å². The average Bonchev–Trinajstić information content (AvgIpc) is 3.04. The fourth-order valence-corrected chi connectivity index (χ4v) is 2.77. The first-order valence-corrected chi connectivity index (χ1v) is 7.14. The first-order chi connectivity index (χ1) is 9.65. The van der Waals surface area contributed by atoms with Crippen molar-refractivity contribution in [3.8, 4) is 0 Å². The van der Waals surface area contributed by atoms with Crippen molar-refractivity contribution < 1.29 is 9.21 Å². The predicted molar refractivity (Wildman–Crippen MR) is 78.3 cm³/mol. The Bertz CT molecular complexity index is 587. The smallest absolute Gasteiger partial charge is 0.225 e. The topological polar surface area (TPSA) is 54.3 Å². The van der Waals surface area contributed by atoms with E-state index in [1.165, 1.54) is 0 Å². The van der Waals surface area contributed by atoms with Crippen molar-refractivity contribution in [1.29, 1.82) is 0 Å². The summed E-state index contributed by atoms with van der Waals surface area (Å²) in [6.07, 6.45) is 0. The molecule has 0 saturated carbocycles. The molecule has 1 aromatic carbocycles. The number of hydrogen-bond acceptors (Lipinski definition) is 3. The summed E-state index contributed by atoms with van der Waals surface area (Å²) in [4.78, 5) is 12.3. The summed E-state index contributed by atoms with van der Waals surface area (Å²) in [6, 6.07) is 9.77. The molecule has 1 aliphatic rings. The Labute approximate surface area is 118 Å². The molecular formula is C16H20N2O2. The fraction of sp³-hybridized carbons (Fsp3) is 0.438. The van der Waals surface area contributed by atoms with Crippen LogP contribution >= 0.6 is 0 Å². The summed E-state index contributed by atoms with van der Waals surface area (Å²) in [7, 11) is 0. The normalized spacial score (nSPS) is 23.9. The molecule has 1 aliphatic heterocycles. The zero-order chi connectivity index (χ0) is 14.1. The molecule has 1 aromatic heterocycles. The van der Waals surface area contributed by atoms with E-state index in [4.69, 9.17) is 4.42 Å². The number of amides is 1. The lowest BCUT2D eigenvalue weighted by Gasteiger charge is -2.17. The summed E-state index contributed by atoms with van der Waals surface area (Å²) in [5.41, 5.74) is 0.861. The van der Waals surface area contributed by atoms with Gasteiger partial charge in [0.1, 0.15) is 11.3 Å². The number of furan rings is 1. The van der Waals surface area contributed by atoms with Crippen LogP contribution in [0.3, 0.4) is 0 Å². The molecule has 2 aromatic rings. The van der Waals surface area contributed by atoms with Gasteiger partial charge in [-0.1, -0.05) is 25.1 Å². The molecule has 0 radical (unpaired) electrons. The van der Waals surface area contributed by atoms with Crippen LogP contribution in [-0.2, 0) is 4.79 Å². The molecule has 2 heterocycles. The Kier molecular flexibility index (Phi) is 3.49. The second-order valence-corrected chi connectivity index (χ2v) is 5.66. The minimum absolute atomic E-state index is 0.0572. The molecule has 1 fully saturated rings. The molecule has 4 heteroatoms. The lowest BCUT2D eigenvalue weighted by Crippen LogP contribution is -2.35. The van der Waals surface area contributed by atoms with Gasteiger partial charge < -0.3 is 15.1 Å². The van der Waals surface area contributed by atoms with E-state index in [-0.39, 0.29) is 17.9 Å². The van der Waals surface area contributed by atoms with Crippen LogP contribution in [0.5, 0.6) is 0 Å². The van der Waals surface area contributed by atoms with E-state index in [2.05, 4.69) is 17.6 Å². The molecule has 1 amide bonds. The van der Waals surface area contributed by atoms with E-state index in [1.54, 1.807) is 0 Å². The highest BCUT2D eigenvalue weighted by atomic mass is 16.3. The van der Waals surface area contributed by atoms with Crippen LogP contribution in [-0.4, -0.2) is 19.0 Å². The van der Waals surface area contributed by atoms with Gasteiger partial charge in [-0.25, -0.2) is 0 Å². The summed E-state index contributed by atoms with van der Waals surface area (Å²) in [6.45, 7) is 5.75. The number of hydrogen-bond donors (Lipinski definition) is 2. The predicted octanol–water partition coefficient (Wildman–Crippen LogP) is 2.47. The zero-order valence-electron chi connectivity index (χ0n) is 11.8. The third kappa shape index (κ3) is 2.43. The van der Waals surface area contributed by atoms with Gasteiger partial charge in [0.25, 0.3) is 0 Å². The van der Waals surface area contributed by atoms with Crippen molar-refractivity contribution >= 4 is 16.9 Å². The first kappa shape index (κ1) is 13.2. The third-order valence-corrected chi connectivity index (χ3v) is 4.08. The Morgan fingerprint density at radius 2 is 2.20 bits per heavy atom. The molecule has 1 saturated heterocycles. The van der Waals surface area contributed by atoms with E-state index in [1.807, 2.05) is 37.3 Å². The SMILES string of the molecule is CC(NC(=O)C1CNCC1C)c1cc2ccccc2o1. The number of rotatable bonds is 3. The highest BCUT2D eigenvalue weighted by molar-refractivity contribution is 5.81. The van der Waals surface area contributed by atoms with Gasteiger partial charge in [-0.05, 0) is 31.5 Å². The van der Waals surface area contributed by atoms with Crippen molar-refractivity contribution in [2.45, 2.75) is 19.9 Å². The molecule has 4 nitrogen and oxygen atoms in total. The van der Waals surface area contributed by atoms with Gasteiger partial charge in [-0.15, -0.1) is 0 Å². The maximum Gasteiger partial charge on any atom is 0.225 e. The standard InChI is InChI=1S/C16H20N2O2/c1-10-8-17-9-13(10)16(19)18-11(2)15-7-12-5-3-4-6-14(12)20-15/h3-7,10-11,13,17H,8-9H2,1-2H3,(H,18,19). The van der Waals surface area contributed by atoms with Crippen molar-refractivity contribution in [2.75, 3.05) is 13.1 Å². The van der Waals surface area contributed by atoms with Gasteiger partial charge in [0, 0.05) is 11.9 Å². The monoisotopic (exact) mass is 272 g/mol. The first-order valence-electron chi connectivity index (χ1n) is 7.14. The number of benzene rings is 1. The minimum atomic E-state index is -0.109. The number of carbonyl (C=O) groups excluding carboxylic acids is 1. The van der Waals surface area contributed by atoms with E-state index in [0.29, 0.717) is 5.92 Å². The Morgan fingerprint density at radius 1 is 1.40 bits per heavy atom. The average molecular weight is 272 g/mol. The van der Waals surface area contributed by atoms with Gasteiger partial charge in [-0.2, -0.15) is 0 Å². The summed E-state index contributed by atoms with van der Waals surface area (Å²) in [5.74, 6) is 1.35. The lowest BCUT2D eigenvalue weighted by atomic mass is 9.97. The van der Waals surface area contributed by atoms with Crippen LogP contribution in [0.1, 0.15) is 25.6 Å². The van der Waals surface area contributed by atoms with Crippen LogP contribution in [0.2, 0.25) is 0 Å². The molecule has 106 valence electrons. The van der Waals surface area contributed by atoms with Crippen molar-refractivity contribution in [2.24, 2.45) is 11.8 Å². The van der Waals surface area contributed by atoms with Crippen LogP contribution in [0.4, 0.5) is 0 Å². The highest BCUT2D eigenvalue weighted by Crippen LogP contribution is 2.24. The molecule has 0 bridgehead atoms. The van der Waals surface area contributed by atoms with Crippen molar-refractivity contribution in [1.82, 2.24) is 10.6 Å². The van der Waals surface area contributed by atoms with Gasteiger partial charge in [0.2, 0.25) is 5.91 Å². The number of para-hydroxylation sites is 1. The van der Waals surface area contributed by atoms with Gasteiger partial charge >= 0.3 is 0 Å². The molecular weight excluding hydrogens is 252 g/mol. The molecule has 0 aliphatic carbocycles. The molecule has 3 unspecified atom stereocenters. The zero-order valence-corrected chi connectivity index (χ0v) is 11.8.